The van der Waals surface area contributed by atoms with Crippen molar-refractivity contribution >= 4 is 0 Å². The van der Waals surface area contributed by atoms with Gasteiger partial charge in [0.2, 0.25) is 0 Å². The number of hydrogen-bond acceptors (Lipinski definition) is 3. The van der Waals surface area contributed by atoms with Gasteiger partial charge >= 0.3 is 0 Å². The van der Waals surface area contributed by atoms with Gasteiger partial charge in [-0.3, -0.25) is 0 Å². The van der Waals surface area contributed by atoms with Gasteiger partial charge in [0.25, 0.3) is 0 Å². The minimum absolute atomic E-state index is 0.0463. The van der Waals surface area contributed by atoms with Gasteiger partial charge in [-0.05, 0) is 0 Å². The van der Waals surface area contributed by atoms with Crippen molar-refractivity contribution in [1.29, 1.82) is 0 Å². The van der Waals surface area contributed by atoms with Gasteiger partial charge < -0.3 is 14.2 Å². The lowest BCUT2D eigenvalue weighted by Crippen LogP contribution is -2.13. The number of hydrogen-bond donors (Lipinski definition) is 0. The van der Waals surface area contributed by atoms with Crippen LogP contribution >= 0.6 is 0 Å². The number of ether oxygens (including phenoxy) is 3. The van der Waals surface area contributed by atoms with E-state index in [2.05, 4.69) is 0 Å². The third kappa shape index (κ3) is 1.64. The maximum absolute atomic E-state index is 5.22. The van der Waals surface area contributed by atoms with Crippen molar-refractivity contribution in [3.8, 4) is 0 Å². The predicted octanol–water partition coefficient (Wildman–Crippen LogP) is 0.742. The molecule has 0 aliphatic carbocycles. The lowest BCUT2D eigenvalue weighted by molar-refractivity contribution is -0.185. The van der Waals surface area contributed by atoms with Crippen molar-refractivity contribution in [2.45, 2.75) is 25.4 Å². The molecule has 1 saturated heterocycles. The summed E-state index contributed by atoms with van der Waals surface area (Å²) in [4.78, 5) is 0. The Bertz CT molecular complexity index is 74.4. The van der Waals surface area contributed by atoms with Crippen molar-refractivity contribution in [1.82, 2.24) is 0 Å². The monoisotopic (exact) mass is 132 g/mol. The SMILES string of the molecule is CO[C@@H]1CC[C@@H](OC)O1. The molecule has 1 fully saturated rings. The Labute approximate surface area is 54.9 Å². The summed E-state index contributed by atoms with van der Waals surface area (Å²) in [5, 5.41) is 0. The quantitative estimate of drug-likeness (QED) is 0.554. The first-order chi connectivity index (χ1) is 4.36. The third-order valence-electron chi connectivity index (χ3n) is 1.47. The molecule has 3 nitrogen and oxygen atoms in total. The minimum Gasteiger partial charge on any atom is -0.356 e. The Morgan fingerprint density at radius 1 is 1.11 bits per heavy atom. The normalized spacial score (nSPS) is 35.3. The smallest absolute Gasteiger partial charge is 0.160 e. The van der Waals surface area contributed by atoms with Gasteiger partial charge in [-0.25, -0.2) is 0 Å². The van der Waals surface area contributed by atoms with Gasteiger partial charge in [0.1, 0.15) is 0 Å². The van der Waals surface area contributed by atoms with Crippen LogP contribution in [-0.4, -0.2) is 26.8 Å². The summed E-state index contributed by atoms with van der Waals surface area (Å²) in [6.45, 7) is 0. The molecule has 0 bridgehead atoms. The summed E-state index contributed by atoms with van der Waals surface area (Å²) in [5.41, 5.74) is 0. The third-order valence-corrected chi connectivity index (χ3v) is 1.47. The zero-order valence-electron chi connectivity index (χ0n) is 5.79. The van der Waals surface area contributed by atoms with Crippen LogP contribution in [0, 0.1) is 0 Å². The van der Waals surface area contributed by atoms with Gasteiger partial charge in [-0.1, -0.05) is 0 Å². The van der Waals surface area contributed by atoms with Crippen molar-refractivity contribution in [2.75, 3.05) is 14.2 Å². The highest BCUT2D eigenvalue weighted by Crippen LogP contribution is 2.19. The van der Waals surface area contributed by atoms with Crippen LogP contribution in [0.25, 0.3) is 0 Å². The molecule has 1 aliphatic rings. The molecule has 0 spiro atoms. The summed E-state index contributed by atoms with van der Waals surface area (Å²) in [7, 11) is 3.28. The minimum atomic E-state index is -0.0463. The zero-order valence-corrected chi connectivity index (χ0v) is 5.79. The fourth-order valence-electron chi connectivity index (χ4n) is 0.924. The van der Waals surface area contributed by atoms with Gasteiger partial charge in [-0.15, -0.1) is 0 Å². The Hall–Kier alpha value is -0.120. The second-order valence-corrected chi connectivity index (χ2v) is 2.04. The highest BCUT2D eigenvalue weighted by atomic mass is 16.8. The van der Waals surface area contributed by atoms with E-state index in [1.165, 1.54) is 0 Å². The van der Waals surface area contributed by atoms with Crippen LogP contribution in [0.3, 0.4) is 0 Å². The molecule has 2 atom stereocenters. The number of methoxy groups -OCH3 is 2. The molecule has 1 aliphatic heterocycles. The van der Waals surface area contributed by atoms with E-state index in [1.807, 2.05) is 0 Å². The van der Waals surface area contributed by atoms with E-state index in [-0.39, 0.29) is 12.6 Å². The molecular weight excluding hydrogens is 120 g/mol. The maximum Gasteiger partial charge on any atom is 0.160 e. The highest BCUT2D eigenvalue weighted by molar-refractivity contribution is 4.58. The second kappa shape index (κ2) is 3.15. The van der Waals surface area contributed by atoms with E-state index in [0.717, 1.165) is 12.8 Å². The van der Waals surface area contributed by atoms with Crippen LogP contribution < -0.4 is 0 Å². The summed E-state index contributed by atoms with van der Waals surface area (Å²) in [6, 6.07) is 0. The highest BCUT2D eigenvalue weighted by Gasteiger charge is 2.23. The molecule has 0 unspecified atom stereocenters. The lowest BCUT2D eigenvalue weighted by atomic mass is 10.3. The zero-order chi connectivity index (χ0) is 6.69. The Morgan fingerprint density at radius 3 is 1.78 bits per heavy atom. The average molecular weight is 132 g/mol. The molecule has 54 valence electrons. The number of rotatable bonds is 2. The van der Waals surface area contributed by atoms with Gasteiger partial charge in [0.05, 0.1) is 0 Å². The van der Waals surface area contributed by atoms with Gasteiger partial charge in [0.15, 0.2) is 12.6 Å². The van der Waals surface area contributed by atoms with E-state index >= 15 is 0 Å². The lowest BCUT2D eigenvalue weighted by Gasteiger charge is -2.09. The van der Waals surface area contributed by atoms with Crippen LogP contribution in [0.1, 0.15) is 12.8 Å². The molecule has 0 aromatic heterocycles. The van der Waals surface area contributed by atoms with Crippen LogP contribution in [0.5, 0.6) is 0 Å². The molecule has 0 aromatic rings. The summed E-state index contributed by atoms with van der Waals surface area (Å²) in [5.74, 6) is 0. The standard InChI is InChI=1S/C6H12O3/c1-7-5-3-4-6(8-2)9-5/h5-6H,3-4H2,1-2H3/t5-,6-/m0/s1. The van der Waals surface area contributed by atoms with Crippen molar-refractivity contribution < 1.29 is 14.2 Å². The first-order valence-corrected chi connectivity index (χ1v) is 3.08. The fourth-order valence-corrected chi connectivity index (χ4v) is 0.924. The van der Waals surface area contributed by atoms with E-state index in [0.29, 0.717) is 0 Å². The predicted molar refractivity (Wildman–Crippen MR) is 31.9 cm³/mol. The second-order valence-electron chi connectivity index (χ2n) is 2.04. The molecule has 0 amide bonds. The van der Waals surface area contributed by atoms with Crippen molar-refractivity contribution in [2.24, 2.45) is 0 Å². The average Bonchev–Trinajstić information content (AvgIpc) is 2.34. The van der Waals surface area contributed by atoms with Crippen molar-refractivity contribution in [3.05, 3.63) is 0 Å². The van der Waals surface area contributed by atoms with Crippen molar-refractivity contribution in [3.63, 3.8) is 0 Å². The molecule has 0 saturated carbocycles. The fraction of sp³-hybridized carbons (Fsp3) is 1.00. The maximum atomic E-state index is 5.22. The van der Waals surface area contributed by atoms with Gasteiger partial charge in [-0.2, -0.15) is 0 Å². The van der Waals surface area contributed by atoms with Crippen LogP contribution in [-0.2, 0) is 14.2 Å². The molecule has 1 rings (SSSR count). The summed E-state index contributed by atoms with van der Waals surface area (Å²) < 4.78 is 15.1. The Balaban J connectivity index is 2.20. The molecule has 0 radical (unpaired) electrons. The summed E-state index contributed by atoms with van der Waals surface area (Å²) in [6.07, 6.45) is 1.79. The van der Waals surface area contributed by atoms with E-state index in [9.17, 15) is 0 Å². The largest absolute Gasteiger partial charge is 0.356 e. The molecule has 9 heavy (non-hydrogen) atoms. The topological polar surface area (TPSA) is 27.7 Å². The molecular formula is C6H12O3. The molecule has 3 heteroatoms. The van der Waals surface area contributed by atoms with Crippen LogP contribution in [0.4, 0.5) is 0 Å². The first kappa shape index (κ1) is 6.99. The van der Waals surface area contributed by atoms with E-state index in [4.69, 9.17) is 14.2 Å². The first-order valence-electron chi connectivity index (χ1n) is 3.08. The molecule has 0 N–H and O–H groups in total. The van der Waals surface area contributed by atoms with Gasteiger partial charge in [0, 0.05) is 27.1 Å². The van der Waals surface area contributed by atoms with E-state index < -0.39 is 0 Å². The molecule has 0 aromatic carbocycles. The Morgan fingerprint density at radius 2 is 1.56 bits per heavy atom. The van der Waals surface area contributed by atoms with Crippen LogP contribution in [0.15, 0.2) is 0 Å². The molecule has 1 heterocycles. The summed E-state index contributed by atoms with van der Waals surface area (Å²) >= 11 is 0. The Kier molecular flexibility index (Phi) is 2.45. The van der Waals surface area contributed by atoms with Crippen LogP contribution in [0.2, 0.25) is 0 Å². The van der Waals surface area contributed by atoms with E-state index in [1.54, 1.807) is 14.2 Å².